The number of aliphatic imine (C=N–C) groups is 1. The Hall–Kier alpha value is -2.39. The second kappa shape index (κ2) is 9.68. The van der Waals surface area contributed by atoms with Crippen LogP contribution in [-0.4, -0.2) is 46.0 Å². The van der Waals surface area contributed by atoms with Gasteiger partial charge in [-0.2, -0.15) is 0 Å². The lowest BCUT2D eigenvalue weighted by atomic mass is 10.1. The molecule has 1 aromatic carbocycles. The molecule has 6 nitrogen and oxygen atoms in total. The summed E-state index contributed by atoms with van der Waals surface area (Å²) in [4.78, 5) is 4.20. The van der Waals surface area contributed by atoms with Gasteiger partial charge in [-0.15, -0.1) is 6.42 Å². The number of nitrogens with zero attached hydrogens (tertiary/aromatic N) is 1. The number of methoxy groups -OCH3 is 2. The van der Waals surface area contributed by atoms with Crippen LogP contribution in [0.2, 0.25) is 0 Å². The fraction of sp³-hybridized carbons (Fsp3) is 0.500. The first-order valence-electron chi connectivity index (χ1n) is 7.68. The minimum Gasteiger partial charge on any atom is -0.493 e. The number of nitrogens with one attached hydrogen (secondary N) is 2. The second-order valence-electron chi connectivity index (χ2n) is 5.72. The number of rotatable bonds is 8. The molecule has 0 bridgehead atoms. The number of ether oxygens (including phenoxy) is 3. The molecule has 0 fully saturated rings. The number of hydrogen-bond acceptors (Lipinski definition) is 4. The summed E-state index contributed by atoms with van der Waals surface area (Å²) in [5.74, 6) is 4.42. The predicted octanol–water partition coefficient (Wildman–Crippen LogP) is 1.80. The van der Waals surface area contributed by atoms with Crippen molar-refractivity contribution < 1.29 is 14.2 Å². The average Bonchev–Trinajstić information content (AvgIpc) is 2.60. The molecule has 0 atom stereocenters. The van der Waals surface area contributed by atoms with E-state index in [0.717, 1.165) is 5.56 Å². The molecule has 0 aliphatic carbocycles. The first-order valence-corrected chi connectivity index (χ1v) is 7.68. The summed E-state index contributed by atoms with van der Waals surface area (Å²) >= 11 is 0. The molecular weight excluding hydrogens is 306 g/mol. The summed E-state index contributed by atoms with van der Waals surface area (Å²) in [7, 11) is 5.01. The van der Waals surface area contributed by atoms with E-state index in [4.69, 9.17) is 20.6 Å². The van der Waals surface area contributed by atoms with Crippen LogP contribution in [0.15, 0.2) is 23.2 Å². The van der Waals surface area contributed by atoms with Gasteiger partial charge in [0.2, 0.25) is 0 Å². The van der Waals surface area contributed by atoms with Gasteiger partial charge in [0, 0.05) is 27.2 Å². The van der Waals surface area contributed by atoms with Gasteiger partial charge in [0.05, 0.1) is 12.7 Å². The Morgan fingerprint density at radius 2 is 2.00 bits per heavy atom. The Labute approximate surface area is 144 Å². The van der Waals surface area contributed by atoms with Crippen LogP contribution >= 0.6 is 0 Å². The molecule has 0 aliphatic heterocycles. The monoisotopic (exact) mass is 333 g/mol. The van der Waals surface area contributed by atoms with Crippen LogP contribution in [0.25, 0.3) is 0 Å². The highest BCUT2D eigenvalue weighted by molar-refractivity contribution is 5.79. The van der Waals surface area contributed by atoms with Crippen LogP contribution in [0, 0.1) is 12.3 Å². The van der Waals surface area contributed by atoms with E-state index >= 15 is 0 Å². The Kier molecular flexibility index (Phi) is 7.93. The van der Waals surface area contributed by atoms with Gasteiger partial charge >= 0.3 is 0 Å². The van der Waals surface area contributed by atoms with Gasteiger partial charge in [0.1, 0.15) is 6.61 Å². The van der Waals surface area contributed by atoms with E-state index < -0.39 is 0 Å². The molecule has 0 unspecified atom stereocenters. The summed E-state index contributed by atoms with van der Waals surface area (Å²) in [6.07, 6.45) is 5.24. The normalized spacial score (nSPS) is 11.6. The Bertz CT molecular complexity index is 592. The fourth-order valence-corrected chi connectivity index (χ4v) is 1.84. The first-order chi connectivity index (χ1) is 11.5. The summed E-state index contributed by atoms with van der Waals surface area (Å²) in [5, 5.41) is 6.48. The molecule has 2 N–H and O–H groups in total. The zero-order chi connectivity index (χ0) is 18.0. The maximum atomic E-state index is 5.51. The molecule has 0 radical (unpaired) electrons. The van der Waals surface area contributed by atoms with Crippen molar-refractivity contribution in [1.29, 1.82) is 0 Å². The molecule has 0 saturated heterocycles. The first kappa shape index (κ1) is 19.7. The number of terminal acetylenes is 1. The molecule has 6 heteroatoms. The van der Waals surface area contributed by atoms with Crippen molar-refractivity contribution in [3.63, 3.8) is 0 Å². The summed E-state index contributed by atoms with van der Waals surface area (Å²) in [5.41, 5.74) is 0.755. The van der Waals surface area contributed by atoms with E-state index in [1.807, 2.05) is 32.0 Å². The summed E-state index contributed by atoms with van der Waals surface area (Å²) in [6.45, 7) is 5.44. The number of guanidine groups is 1. The molecule has 0 heterocycles. The zero-order valence-corrected chi connectivity index (χ0v) is 15.1. The van der Waals surface area contributed by atoms with Crippen molar-refractivity contribution in [1.82, 2.24) is 10.6 Å². The van der Waals surface area contributed by atoms with Gasteiger partial charge < -0.3 is 24.8 Å². The zero-order valence-electron chi connectivity index (χ0n) is 15.1. The van der Waals surface area contributed by atoms with Crippen molar-refractivity contribution >= 4 is 5.96 Å². The minimum atomic E-state index is -0.270. The van der Waals surface area contributed by atoms with Crippen molar-refractivity contribution in [2.45, 2.75) is 26.0 Å². The number of hydrogen-bond donors (Lipinski definition) is 2. The highest BCUT2D eigenvalue weighted by atomic mass is 16.5. The largest absolute Gasteiger partial charge is 0.493 e. The van der Waals surface area contributed by atoms with Crippen molar-refractivity contribution in [2.75, 3.05) is 34.4 Å². The van der Waals surface area contributed by atoms with E-state index in [2.05, 4.69) is 21.5 Å². The molecule has 132 valence electrons. The lowest BCUT2D eigenvalue weighted by Gasteiger charge is -2.24. The Morgan fingerprint density at radius 3 is 2.58 bits per heavy atom. The van der Waals surface area contributed by atoms with Crippen LogP contribution < -0.4 is 20.1 Å². The highest BCUT2D eigenvalue weighted by Gasteiger charge is 2.16. The average molecular weight is 333 g/mol. The van der Waals surface area contributed by atoms with Crippen molar-refractivity contribution in [2.24, 2.45) is 4.99 Å². The van der Waals surface area contributed by atoms with E-state index in [1.54, 1.807) is 21.3 Å². The maximum Gasteiger partial charge on any atom is 0.191 e. The quantitative estimate of drug-likeness (QED) is 0.431. The van der Waals surface area contributed by atoms with Gasteiger partial charge in [-0.05, 0) is 31.5 Å². The van der Waals surface area contributed by atoms with Crippen LogP contribution in [0.3, 0.4) is 0 Å². The third-order valence-electron chi connectivity index (χ3n) is 3.46. The van der Waals surface area contributed by atoms with Gasteiger partial charge in [0.25, 0.3) is 0 Å². The molecule has 1 rings (SSSR count). The molecule has 0 aliphatic rings. The van der Waals surface area contributed by atoms with Crippen LogP contribution in [-0.2, 0) is 11.3 Å². The Balaban J connectivity index is 2.66. The van der Waals surface area contributed by atoms with Gasteiger partial charge in [-0.25, -0.2) is 0 Å². The molecule has 24 heavy (non-hydrogen) atoms. The van der Waals surface area contributed by atoms with Crippen LogP contribution in [0.1, 0.15) is 19.4 Å². The third kappa shape index (κ3) is 6.39. The van der Waals surface area contributed by atoms with Gasteiger partial charge in [0.15, 0.2) is 17.5 Å². The van der Waals surface area contributed by atoms with Crippen molar-refractivity contribution in [3.8, 4) is 23.8 Å². The van der Waals surface area contributed by atoms with Crippen LogP contribution in [0.4, 0.5) is 0 Å². The molecule has 0 spiro atoms. The minimum absolute atomic E-state index is 0.197. The van der Waals surface area contributed by atoms with E-state index in [9.17, 15) is 0 Å². The maximum absolute atomic E-state index is 5.51. The second-order valence-corrected chi connectivity index (χ2v) is 5.72. The third-order valence-corrected chi connectivity index (χ3v) is 3.46. The van der Waals surface area contributed by atoms with Crippen LogP contribution in [0.5, 0.6) is 11.5 Å². The highest BCUT2D eigenvalue weighted by Crippen LogP contribution is 2.27. The van der Waals surface area contributed by atoms with Crippen molar-refractivity contribution in [3.05, 3.63) is 23.8 Å². The molecule has 0 amide bonds. The molecular formula is C18H27N3O3. The summed E-state index contributed by atoms with van der Waals surface area (Å²) in [6, 6.07) is 5.71. The smallest absolute Gasteiger partial charge is 0.191 e. The van der Waals surface area contributed by atoms with E-state index in [1.165, 1.54) is 0 Å². The summed E-state index contributed by atoms with van der Waals surface area (Å²) < 4.78 is 16.2. The van der Waals surface area contributed by atoms with E-state index in [-0.39, 0.29) is 12.2 Å². The fourth-order valence-electron chi connectivity index (χ4n) is 1.84. The number of benzene rings is 1. The van der Waals surface area contributed by atoms with Gasteiger partial charge in [-0.1, -0.05) is 12.0 Å². The molecule has 0 saturated carbocycles. The molecule has 1 aromatic rings. The SMILES string of the molecule is C#CCOc1cc(CNC(=NC)NCC(C)(C)OC)ccc1OC. The lowest BCUT2D eigenvalue weighted by molar-refractivity contribution is 0.0268. The standard InChI is InChI=1S/C18H27N3O3/c1-7-10-24-16-11-14(8-9-15(16)22-5)12-20-17(19-4)21-13-18(2,3)23-6/h1,8-9,11H,10,12-13H2,2-6H3,(H2,19,20,21). The topological polar surface area (TPSA) is 64.1 Å². The van der Waals surface area contributed by atoms with E-state index in [0.29, 0.717) is 30.5 Å². The Morgan fingerprint density at radius 1 is 1.25 bits per heavy atom. The molecule has 0 aromatic heterocycles. The lowest BCUT2D eigenvalue weighted by Crippen LogP contribution is -2.45. The predicted molar refractivity (Wildman–Crippen MR) is 96.6 cm³/mol. The van der Waals surface area contributed by atoms with Gasteiger partial charge in [-0.3, -0.25) is 4.99 Å².